The van der Waals surface area contributed by atoms with Crippen LogP contribution in [0.3, 0.4) is 0 Å². The molecular formula is C27H26N6O2S. The number of likely N-dealkylation sites (N-methyl/N-ethyl adjacent to an activating group) is 1. The maximum absolute atomic E-state index is 13.7. The molecule has 1 fully saturated rings. The van der Waals surface area contributed by atoms with Crippen molar-refractivity contribution >= 4 is 49.1 Å². The van der Waals surface area contributed by atoms with Crippen molar-refractivity contribution in [3.05, 3.63) is 82.3 Å². The molecule has 5 heterocycles. The molecular weight excluding hydrogens is 472 g/mol. The molecule has 9 heteroatoms. The lowest BCUT2D eigenvalue weighted by atomic mass is 10.1. The molecule has 2 N–H and O–H groups in total. The van der Waals surface area contributed by atoms with E-state index in [9.17, 15) is 9.59 Å². The lowest BCUT2D eigenvalue weighted by molar-refractivity contribution is 0.0913. The van der Waals surface area contributed by atoms with E-state index >= 15 is 0 Å². The van der Waals surface area contributed by atoms with Crippen molar-refractivity contribution in [1.29, 1.82) is 0 Å². The van der Waals surface area contributed by atoms with Gasteiger partial charge in [-0.1, -0.05) is 18.2 Å². The number of nitrogens with one attached hydrogen (secondary N) is 2. The van der Waals surface area contributed by atoms with E-state index in [1.807, 2.05) is 46.9 Å². The molecule has 8 nitrogen and oxygen atoms in total. The maximum atomic E-state index is 13.7. The van der Waals surface area contributed by atoms with Crippen LogP contribution in [0.5, 0.6) is 0 Å². The number of thiazole rings is 1. The van der Waals surface area contributed by atoms with Gasteiger partial charge in [0.1, 0.15) is 16.2 Å². The molecule has 1 aromatic carbocycles. The Hall–Kier alpha value is -3.82. The van der Waals surface area contributed by atoms with Gasteiger partial charge in [0, 0.05) is 18.8 Å². The molecule has 0 spiro atoms. The van der Waals surface area contributed by atoms with Crippen LogP contribution in [0, 0.1) is 0 Å². The number of anilines is 1. The Morgan fingerprint density at radius 3 is 2.83 bits per heavy atom. The molecule has 0 radical (unpaired) electrons. The zero-order chi connectivity index (χ0) is 24.6. The van der Waals surface area contributed by atoms with Gasteiger partial charge in [-0.05, 0) is 62.8 Å². The predicted molar refractivity (Wildman–Crippen MR) is 144 cm³/mol. The molecule has 0 bridgehead atoms. The molecule has 5 aromatic rings. The van der Waals surface area contributed by atoms with Gasteiger partial charge in [-0.25, -0.2) is 4.98 Å². The average Bonchev–Trinajstić information content (AvgIpc) is 3.27. The van der Waals surface area contributed by atoms with E-state index < -0.39 is 0 Å². The van der Waals surface area contributed by atoms with Gasteiger partial charge in [0.05, 0.1) is 27.8 Å². The van der Waals surface area contributed by atoms with E-state index in [2.05, 4.69) is 27.6 Å². The Bertz CT molecular complexity index is 1650. The van der Waals surface area contributed by atoms with Crippen LogP contribution in [-0.4, -0.2) is 51.4 Å². The number of carbonyl (C=O) groups is 1. The summed E-state index contributed by atoms with van der Waals surface area (Å²) in [5.74, 6) is 0.322. The van der Waals surface area contributed by atoms with Gasteiger partial charge in [-0.2, -0.15) is 0 Å². The van der Waals surface area contributed by atoms with Gasteiger partial charge < -0.3 is 15.5 Å². The highest BCUT2D eigenvalue weighted by Gasteiger charge is 2.26. The number of fused-ring (bicyclic) bond motifs is 5. The summed E-state index contributed by atoms with van der Waals surface area (Å²) < 4.78 is 2.94. The average molecular weight is 499 g/mol. The number of aromatic nitrogens is 3. The minimum absolute atomic E-state index is 0.0251. The summed E-state index contributed by atoms with van der Waals surface area (Å²) in [6.45, 7) is 2.31. The highest BCUT2D eigenvalue weighted by atomic mass is 32.1. The number of benzene rings is 1. The monoisotopic (exact) mass is 498 g/mol. The molecule has 4 aromatic heterocycles. The Balaban J connectivity index is 1.47. The maximum Gasteiger partial charge on any atom is 0.258 e. The first-order valence-electron chi connectivity index (χ1n) is 12.1. The van der Waals surface area contributed by atoms with Crippen molar-refractivity contribution in [2.75, 3.05) is 25.5 Å². The topological polar surface area (TPSA) is 91.6 Å². The largest absolute Gasteiger partial charge is 0.364 e. The molecule has 36 heavy (non-hydrogen) atoms. The van der Waals surface area contributed by atoms with Crippen molar-refractivity contribution in [3.63, 3.8) is 0 Å². The number of piperidine rings is 1. The van der Waals surface area contributed by atoms with Crippen molar-refractivity contribution < 1.29 is 4.79 Å². The van der Waals surface area contributed by atoms with Crippen LogP contribution < -0.4 is 16.1 Å². The molecule has 1 saturated heterocycles. The second-order valence-corrected chi connectivity index (χ2v) is 10.3. The van der Waals surface area contributed by atoms with Gasteiger partial charge in [-0.15, -0.1) is 11.3 Å². The number of likely N-dealkylation sites (tertiary alicyclic amines) is 1. The Kier molecular flexibility index (Phi) is 5.86. The van der Waals surface area contributed by atoms with Crippen LogP contribution in [0.4, 0.5) is 5.82 Å². The third kappa shape index (κ3) is 4.10. The Morgan fingerprint density at radius 1 is 1.14 bits per heavy atom. The SMILES string of the molecule is CN1CCCC(NC(=O)c2c(=O)c3ccc(NCc4ccccn4)nc3n3c2sc2ccccc23)C1. The van der Waals surface area contributed by atoms with Gasteiger partial charge in [0.25, 0.3) is 5.91 Å². The summed E-state index contributed by atoms with van der Waals surface area (Å²) >= 11 is 1.45. The smallest absolute Gasteiger partial charge is 0.258 e. The number of nitrogens with zero attached hydrogens (tertiary/aromatic N) is 4. The second-order valence-electron chi connectivity index (χ2n) is 9.23. The quantitative estimate of drug-likeness (QED) is 0.382. The van der Waals surface area contributed by atoms with E-state index in [-0.39, 0.29) is 22.9 Å². The van der Waals surface area contributed by atoms with Crippen LogP contribution >= 0.6 is 11.3 Å². The third-order valence-electron chi connectivity index (χ3n) is 6.65. The first-order valence-corrected chi connectivity index (χ1v) is 12.9. The summed E-state index contributed by atoms with van der Waals surface area (Å²) in [5, 5.41) is 6.86. The van der Waals surface area contributed by atoms with E-state index in [0.29, 0.717) is 28.2 Å². The summed E-state index contributed by atoms with van der Waals surface area (Å²) in [5.41, 5.74) is 2.24. The highest BCUT2D eigenvalue weighted by molar-refractivity contribution is 7.24. The zero-order valence-electron chi connectivity index (χ0n) is 19.9. The summed E-state index contributed by atoms with van der Waals surface area (Å²) in [7, 11) is 2.05. The number of carbonyl (C=O) groups excluding carboxylic acids is 1. The van der Waals surface area contributed by atoms with Crippen LogP contribution in [-0.2, 0) is 6.54 Å². The lowest BCUT2D eigenvalue weighted by Gasteiger charge is -2.30. The van der Waals surface area contributed by atoms with Crippen molar-refractivity contribution in [3.8, 4) is 0 Å². The predicted octanol–water partition coefficient (Wildman–Crippen LogP) is 3.89. The second kappa shape index (κ2) is 9.33. The molecule has 1 aliphatic rings. The fourth-order valence-electron chi connectivity index (χ4n) is 4.91. The Morgan fingerprint density at radius 2 is 2.00 bits per heavy atom. The van der Waals surface area contributed by atoms with Crippen LogP contribution in [0.15, 0.2) is 65.6 Å². The van der Waals surface area contributed by atoms with Crippen LogP contribution in [0.25, 0.3) is 26.1 Å². The fourth-order valence-corrected chi connectivity index (χ4v) is 6.10. The molecule has 1 amide bonds. The van der Waals surface area contributed by atoms with Crippen LogP contribution in [0.2, 0.25) is 0 Å². The summed E-state index contributed by atoms with van der Waals surface area (Å²) in [6.07, 6.45) is 3.69. The number of hydrogen-bond donors (Lipinski definition) is 2. The number of para-hydroxylation sites is 1. The number of hydrogen-bond acceptors (Lipinski definition) is 7. The molecule has 1 unspecified atom stereocenters. The summed E-state index contributed by atoms with van der Waals surface area (Å²) in [6, 6.07) is 17.2. The zero-order valence-corrected chi connectivity index (χ0v) is 20.7. The lowest BCUT2D eigenvalue weighted by Crippen LogP contribution is -2.47. The molecule has 182 valence electrons. The third-order valence-corrected chi connectivity index (χ3v) is 7.80. The molecule has 1 atom stereocenters. The van der Waals surface area contributed by atoms with E-state index in [0.717, 1.165) is 41.8 Å². The van der Waals surface area contributed by atoms with E-state index in [4.69, 9.17) is 4.98 Å². The first-order chi connectivity index (χ1) is 17.6. The van der Waals surface area contributed by atoms with E-state index in [1.165, 1.54) is 11.3 Å². The van der Waals surface area contributed by atoms with Crippen molar-refractivity contribution in [2.45, 2.75) is 25.4 Å². The molecule has 6 rings (SSSR count). The summed E-state index contributed by atoms with van der Waals surface area (Å²) in [4.78, 5) is 39.2. The van der Waals surface area contributed by atoms with E-state index in [1.54, 1.807) is 18.3 Å². The Labute approximate surface area is 211 Å². The van der Waals surface area contributed by atoms with Gasteiger partial charge in [0.2, 0.25) is 5.43 Å². The van der Waals surface area contributed by atoms with Crippen molar-refractivity contribution in [1.82, 2.24) is 24.6 Å². The fraction of sp³-hybridized carbons (Fsp3) is 0.259. The van der Waals surface area contributed by atoms with Crippen LogP contribution in [0.1, 0.15) is 28.9 Å². The van der Waals surface area contributed by atoms with Gasteiger partial charge >= 0.3 is 0 Å². The normalized spacial score (nSPS) is 16.5. The minimum Gasteiger partial charge on any atom is -0.364 e. The van der Waals surface area contributed by atoms with Crippen molar-refractivity contribution in [2.24, 2.45) is 0 Å². The van der Waals surface area contributed by atoms with Gasteiger partial charge in [-0.3, -0.25) is 19.0 Å². The standard InChI is InChI=1S/C27H26N6O2S/c1-32-14-6-8-18(16-32)30-26(35)23-24(34)19-11-12-22(29-15-17-7-4-5-13-28-17)31-25(19)33-20-9-2-3-10-21(20)36-27(23)33/h2-5,7,9-13,18H,6,8,14-16H2,1H3,(H,29,31)(H,30,35). The molecule has 0 saturated carbocycles. The highest BCUT2D eigenvalue weighted by Crippen LogP contribution is 2.31. The van der Waals surface area contributed by atoms with Gasteiger partial charge in [0.15, 0.2) is 5.65 Å². The molecule has 0 aliphatic carbocycles. The number of rotatable bonds is 5. The first kappa shape index (κ1) is 22.6. The number of amides is 1. The minimum atomic E-state index is -0.316. The number of pyridine rings is 3. The molecule has 1 aliphatic heterocycles.